The monoisotopic (exact) mass is 344 g/mol. The fourth-order valence-corrected chi connectivity index (χ4v) is 2.71. The normalized spacial score (nSPS) is 12.6. The summed E-state index contributed by atoms with van der Waals surface area (Å²) in [6, 6.07) is 4.60. The molecule has 0 heterocycles. The van der Waals surface area contributed by atoms with E-state index in [9.17, 15) is 18.3 Å². The number of aliphatic hydroxyl groups is 1. The molecule has 0 spiro atoms. The van der Waals surface area contributed by atoms with E-state index in [2.05, 4.69) is 15.9 Å². The first-order valence-corrected chi connectivity index (χ1v) is 6.69. The van der Waals surface area contributed by atoms with Crippen LogP contribution in [0.1, 0.15) is 28.4 Å². The standard InChI is InChI=1S/C15H12BrF3O/c1-7-3-10(17)4-8(2)13(7)15(20)14-11(18)5-9(16)6-12(14)19/h3-6,15,20H,1-2H3. The summed E-state index contributed by atoms with van der Waals surface area (Å²) in [5.41, 5.74) is 0.756. The van der Waals surface area contributed by atoms with Crippen molar-refractivity contribution in [3.63, 3.8) is 0 Å². The molecule has 2 aromatic carbocycles. The van der Waals surface area contributed by atoms with Crippen LogP contribution in [-0.2, 0) is 0 Å². The Labute approximate surface area is 123 Å². The second-order valence-electron chi connectivity index (χ2n) is 4.64. The maximum Gasteiger partial charge on any atom is 0.133 e. The molecule has 0 radical (unpaired) electrons. The maximum absolute atomic E-state index is 13.9. The van der Waals surface area contributed by atoms with E-state index in [-0.39, 0.29) is 4.47 Å². The van der Waals surface area contributed by atoms with Crippen molar-refractivity contribution in [1.82, 2.24) is 0 Å². The van der Waals surface area contributed by atoms with Gasteiger partial charge < -0.3 is 5.11 Å². The number of aliphatic hydroxyl groups excluding tert-OH is 1. The lowest BCUT2D eigenvalue weighted by Crippen LogP contribution is -2.09. The molecular weight excluding hydrogens is 333 g/mol. The van der Waals surface area contributed by atoms with Gasteiger partial charge in [0.15, 0.2) is 0 Å². The third kappa shape index (κ3) is 2.74. The Morgan fingerprint density at radius 1 is 0.900 bits per heavy atom. The Balaban J connectivity index is 2.61. The first kappa shape index (κ1) is 15.1. The molecule has 106 valence electrons. The summed E-state index contributed by atoms with van der Waals surface area (Å²) in [7, 11) is 0. The second-order valence-corrected chi connectivity index (χ2v) is 5.55. The lowest BCUT2D eigenvalue weighted by molar-refractivity contribution is 0.207. The van der Waals surface area contributed by atoms with E-state index >= 15 is 0 Å². The minimum atomic E-state index is -1.48. The summed E-state index contributed by atoms with van der Waals surface area (Å²) in [6.07, 6.45) is -1.48. The van der Waals surface area contributed by atoms with Gasteiger partial charge in [0.05, 0.1) is 5.56 Å². The van der Waals surface area contributed by atoms with Crippen LogP contribution in [0.2, 0.25) is 0 Å². The largest absolute Gasteiger partial charge is 0.383 e. The van der Waals surface area contributed by atoms with E-state index in [1.54, 1.807) is 13.8 Å². The van der Waals surface area contributed by atoms with Crippen molar-refractivity contribution in [3.05, 3.63) is 68.4 Å². The van der Waals surface area contributed by atoms with Gasteiger partial charge in [-0.3, -0.25) is 0 Å². The molecule has 0 aliphatic carbocycles. The van der Waals surface area contributed by atoms with Gasteiger partial charge in [-0.1, -0.05) is 15.9 Å². The van der Waals surface area contributed by atoms with Crippen LogP contribution < -0.4 is 0 Å². The quantitative estimate of drug-likeness (QED) is 0.846. The van der Waals surface area contributed by atoms with Crippen LogP contribution in [-0.4, -0.2) is 5.11 Å². The third-order valence-corrected chi connectivity index (χ3v) is 3.61. The van der Waals surface area contributed by atoms with Crippen molar-refractivity contribution < 1.29 is 18.3 Å². The van der Waals surface area contributed by atoms with Crippen molar-refractivity contribution in [1.29, 1.82) is 0 Å². The summed E-state index contributed by atoms with van der Waals surface area (Å²) < 4.78 is 41.3. The highest BCUT2D eigenvalue weighted by Gasteiger charge is 2.23. The van der Waals surface area contributed by atoms with Crippen LogP contribution >= 0.6 is 15.9 Å². The van der Waals surface area contributed by atoms with Crippen LogP contribution in [0.5, 0.6) is 0 Å². The highest BCUT2D eigenvalue weighted by atomic mass is 79.9. The minimum absolute atomic E-state index is 0.246. The number of aryl methyl sites for hydroxylation is 2. The van der Waals surface area contributed by atoms with Gasteiger partial charge >= 0.3 is 0 Å². The van der Waals surface area contributed by atoms with Gasteiger partial charge in [0.25, 0.3) is 0 Å². The molecule has 0 fully saturated rings. The highest BCUT2D eigenvalue weighted by Crippen LogP contribution is 2.33. The van der Waals surface area contributed by atoms with Crippen molar-refractivity contribution in [3.8, 4) is 0 Å². The molecule has 1 unspecified atom stereocenters. The molecule has 20 heavy (non-hydrogen) atoms. The van der Waals surface area contributed by atoms with E-state index in [4.69, 9.17) is 0 Å². The van der Waals surface area contributed by atoms with Crippen LogP contribution in [0, 0.1) is 31.3 Å². The predicted molar refractivity (Wildman–Crippen MR) is 74.0 cm³/mol. The maximum atomic E-state index is 13.9. The van der Waals surface area contributed by atoms with Gasteiger partial charge in [-0.2, -0.15) is 0 Å². The van der Waals surface area contributed by atoms with E-state index in [0.29, 0.717) is 16.7 Å². The zero-order valence-electron chi connectivity index (χ0n) is 10.8. The van der Waals surface area contributed by atoms with E-state index < -0.39 is 29.1 Å². The SMILES string of the molecule is Cc1cc(F)cc(C)c1C(O)c1c(F)cc(Br)cc1F. The summed E-state index contributed by atoms with van der Waals surface area (Å²) >= 11 is 2.98. The Morgan fingerprint density at radius 3 is 1.80 bits per heavy atom. The number of halogens is 4. The summed E-state index contributed by atoms with van der Waals surface area (Å²) in [5, 5.41) is 10.3. The zero-order chi connectivity index (χ0) is 15.0. The van der Waals surface area contributed by atoms with Crippen molar-refractivity contribution in [2.75, 3.05) is 0 Å². The molecule has 1 N–H and O–H groups in total. The molecule has 2 aromatic rings. The molecule has 0 saturated heterocycles. The molecule has 5 heteroatoms. The highest BCUT2D eigenvalue weighted by molar-refractivity contribution is 9.10. The van der Waals surface area contributed by atoms with Gasteiger partial charge in [0, 0.05) is 4.47 Å². The second kappa shape index (κ2) is 5.58. The predicted octanol–water partition coefficient (Wildman–Crippen LogP) is 4.56. The molecule has 0 aliphatic rings. The first-order chi connectivity index (χ1) is 9.31. The van der Waals surface area contributed by atoms with Crippen molar-refractivity contribution in [2.45, 2.75) is 20.0 Å². The van der Waals surface area contributed by atoms with E-state index in [0.717, 1.165) is 12.1 Å². The Bertz CT molecular complexity index is 567. The fraction of sp³-hybridized carbons (Fsp3) is 0.200. The molecule has 2 rings (SSSR count). The average molecular weight is 345 g/mol. The molecule has 1 atom stereocenters. The van der Waals surface area contributed by atoms with Crippen LogP contribution in [0.25, 0.3) is 0 Å². The summed E-state index contributed by atoms with van der Waals surface area (Å²) in [6.45, 7) is 3.17. The average Bonchev–Trinajstić information content (AvgIpc) is 2.25. The Morgan fingerprint density at radius 2 is 1.35 bits per heavy atom. The van der Waals surface area contributed by atoms with Crippen molar-refractivity contribution in [2.24, 2.45) is 0 Å². The van der Waals surface area contributed by atoms with Crippen molar-refractivity contribution >= 4 is 15.9 Å². The number of hydrogen-bond donors (Lipinski definition) is 1. The minimum Gasteiger partial charge on any atom is -0.383 e. The first-order valence-electron chi connectivity index (χ1n) is 5.90. The van der Waals surface area contributed by atoms with Crippen LogP contribution in [0.3, 0.4) is 0 Å². The van der Waals surface area contributed by atoms with Gasteiger partial charge in [0.1, 0.15) is 23.6 Å². The number of hydrogen-bond acceptors (Lipinski definition) is 1. The number of rotatable bonds is 2. The third-order valence-electron chi connectivity index (χ3n) is 3.15. The van der Waals surface area contributed by atoms with E-state index in [1.165, 1.54) is 12.1 Å². The number of benzene rings is 2. The smallest absolute Gasteiger partial charge is 0.133 e. The molecule has 0 saturated carbocycles. The Kier molecular flexibility index (Phi) is 4.20. The molecule has 0 bridgehead atoms. The molecular formula is C15H12BrF3O. The van der Waals surface area contributed by atoms with Gasteiger partial charge in [0.2, 0.25) is 0 Å². The van der Waals surface area contributed by atoms with Crippen LogP contribution in [0.4, 0.5) is 13.2 Å². The Hall–Kier alpha value is -1.33. The van der Waals surface area contributed by atoms with Crippen LogP contribution in [0.15, 0.2) is 28.7 Å². The molecule has 1 nitrogen and oxygen atoms in total. The van der Waals surface area contributed by atoms with E-state index in [1.807, 2.05) is 0 Å². The fourth-order valence-electron chi connectivity index (χ4n) is 2.31. The molecule has 0 aromatic heterocycles. The topological polar surface area (TPSA) is 20.2 Å². The van der Waals surface area contributed by atoms with Gasteiger partial charge in [-0.05, 0) is 54.8 Å². The molecule has 0 amide bonds. The summed E-state index contributed by atoms with van der Waals surface area (Å²) in [4.78, 5) is 0. The lowest BCUT2D eigenvalue weighted by atomic mass is 9.93. The molecule has 0 aliphatic heterocycles. The van der Waals surface area contributed by atoms with Gasteiger partial charge in [-0.15, -0.1) is 0 Å². The van der Waals surface area contributed by atoms with Gasteiger partial charge in [-0.25, -0.2) is 13.2 Å². The summed E-state index contributed by atoms with van der Waals surface area (Å²) in [5.74, 6) is -2.16. The lowest BCUT2D eigenvalue weighted by Gasteiger charge is -2.18. The zero-order valence-corrected chi connectivity index (χ0v) is 12.4.